The molecular formula is C25H19ClN2O2. The first-order valence-electron chi connectivity index (χ1n) is 9.86. The zero-order valence-electron chi connectivity index (χ0n) is 16.4. The van der Waals surface area contributed by atoms with Gasteiger partial charge in [0.15, 0.2) is 0 Å². The van der Waals surface area contributed by atoms with Crippen LogP contribution < -0.4 is 9.80 Å². The molecule has 30 heavy (non-hydrogen) atoms. The summed E-state index contributed by atoms with van der Waals surface area (Å²) in [5.41, 5.74) is 5.32. The Kier molecular flexibility index (Phi) is 4.44. The number of hydrogen-bond acceptors (Lipinski definition) is 3. The van der Waals surface area contributed by atoms with Crippen LogP contribution in [-0.4, -0.2) is 18.4 Å². The van der Waals surface area contributed by atoms with E-state index < -0.39 is 0 Å². The predicted octanol–water partition coefficient (Wildman–Crippen LogP) is 5.00. The lowest BCUT2D eigenvalue weighted by Crippen LogP contribution is -2.34. The molecule has 0 saturated heterocycles. The van der Waals surface area contributed by atoms with E-state index in [2.05, 4.69) is 6.07 Å². The molecule has 3 aromatic rings. The van der Waals surface area contributed by atoms with Crippen LogP contribution in [0, 0.1) is 6.92 Å². The molecule has 2 heterocycles. The van der Waals surface area contributed by atoms with Gasteiger partial charge in [0, 0.05) is 17.3 Å². The Morgan fingerprint density at radius 2 is 1.53 bits per heavy atom. The highest BCUT2D eigenvalue weighted by Crippen LogP contribution is 2.40. The number of hydrogen-bond donors (Lipinski definition) is 0. The molecule has 0 fully saturated rings. The number of anilines is 2. The molecule has 4 nitrogen and oxygen atoms in total. The summed E-state index contributed by atoms with van der Waals surface area (Å²) in [5.74, 6) is -0.615. The van der Waals surface area contributed by atoms with Crippen molar-refractivity contribution in [3.05, 3.63) is 100 Å². The largest absolute Gasteiger partial charge is 0.336 e. The van der Waals surface area contributed by atoms with Gasteiger partial charge in [-0.05, 0) is 54.8 Å². The topological polar surface area (TPSA) is 40.6 Å². The number of imide groups is 1. The van der Waals surface area contributed by atoms with Crippen molar-refractivity contribution >= 4 is 40.4 Å². The van der Waals surface area contributed by atoms with Gasteiger partial charge in [0.25, 0.3) is 11.8 Å². The van der Waals surface area contributed by atoms with E-state index in [0.717, 1.165) is 17.7 Å². The van der Waals surface area contributed by atoms with Gasteiger partial charge < -0.3 is 4.90 Å². The Balaban J connectivity index is 1.68. The molecule has 0 spiro atoms. The van der Waals surface area contributed by atoms with Crippen molar-refractivity contribution in [2.45, 2.75) is 13.3 Å². The van der Waals surface area contributed by atoms with Gasteiger partial charge in [-0.3, -0.25) is 9.59 Å². The number of para-hydroxylation sites is 1. The van der Waals surface area contributed by atoms with Crippen molar-refractivity contribution in [2.75, 3.05) is 16.3 Å². The van der Waals surface area contributed by atoms with E-state index in [-0.39, 0.29) is 11.8 Å². The fraction of sp³-hybridized carbons (Fsp3) is 0.120. The summed E-state index contributed by atoms with van der Waals surface area (Å²) in [6, 6.07) is 22.5. The van der Waals surface area contributed by atoms with E-state index in [4.69, 9.17) is 11.6 Å². The second-order valence-electron chi connectivity index (χ2n) is 7.54. The molecule has 2 aliphatic rings. The third kappa shape index (κ3) is 2.92. The molecular weight excluding hydrogens is 396 g/mol. The number of fused-ring (bicyclic) bond motifs is 1. The monoisotopic (exact) mass is 414 g/mol. The summed E-state index contributed by atoms with van der Waals surface area (Å²) < 4.78 is 0. The van der Waals surface area contributed by atoms with Gasteiger partial charge in [-0.2, -0.15) is 0 Å². The number of benzene rings is 3. The summed E-state index contributed by atoms with van der Waals surface area (Å²) in [4.78, 5) is 30.4. The highest BCUT2D eigenvalue weighted by atomic mass is 35.5. The number of aryl methyl sites for hydroxylation is 1. The fourth-order valence-corrected chi connectivity index (χ4v) is 4.27. The summed E-state index contributed by atoms with van der Waals surface area (Å²) in [6.45, 7) is 2.63. The van der Waals surface area contributed by atoms with Gasteiger partial charge in [-0.25, -0.2) is 4.90 Å². The molecule has 2 amide bonds. The Morgan fingerprint density at radius 1 is 0.833 bits per heavy atom. The summed E-state index contributed by atoms with van der Waals surface area (Å²) in [5, 5.41) is 0.583. The highest BCUT2D eigenvalue weighted by molar-refractivity contribution is 6.46. The quantitative estimate of drug-likeness (QED) is 0.566. The van der Waals surface area contributed by atoms with Crippen LogP contribution in [0.5, 0.6) is 0 Å². The lowest BCUT2D eigenvalue weighted by molar-refractivity contribution is -0.120. The first kappa shape index (κ1) is 18.6. The van der Waals surface area contributed by atoms with Crippen molar-refractivity contribution in [3.63, 3.8) is 0 Å². The number of carbonyl (C=O) groups is 2. The van der Waals surface area contributed by atoms with E-state index >= 15 is 0 Å². The molecule has 0 unspecified atom stereocenters. The minimum Gasteiger partial charge on any atom is -0.336 e. The van der Waals surface area contributed by atoms with E-state index in [1.807, 2.05) is 54.3 Å². The maximum Gasteiger partial charge on any atom is 0.282 e. The van der Waals surface area contributed by atoms with Crippen molar-refractivity contribution < 1.29 is 9.59 Å². The van der Waals surface area contributed by atoms with Gasteiger partial charge in [0.05, 0.1) is 11.3 Å². The smallest absolute Gasteiger partial charge is 0.282 e. The maximum absolute atomic E-state index is 13.6. The van der Waals surface area contributed by atoms with E-state index in [0.29, 0.717) is 34.1 Å². The van der Waals surface area contributed by atoms with Crippen molar-refractivity contribution in [1.29, 1.82) is 0 Å². The number of halogens is 1. The molecule has 5 rings (SSSR count). The van der Waals surface area contributed by atoms with Gasteiger partial charge in [-0.1, -0.05) is 59.6 Å². The standard InChI is InChI=1S/C25H19ClN2O2/c1-16-6-12-20(13-7-16)28-24(29)22(18-8-10-19(26)11-9-18)23(25(28)30)27-15-14-17-4-2-3-5-21(17)27/h2-13H,14-15H2,1H3. The van der Waals surface area contributed by atoms with Crippen LogP contribution in [0.25, 0.3) is 5.57 Å². The molecule has 0 saturated carbocycles. The minimum absolute atomic E-state index is 0.300. The first-order chi connectivity index (χ1) is 14.5. The van der Waals surface area contributed by atoms with Crippen LogP contribution in [0.1, 0.15) is 16.7 Å². The molecule has 0 aromatic heterocycles. The highest BCUT2D eigenvalue weighted by Gasteiger charge is 2.44. The lowest BCUT2D eigenvalue weighted by Gasteiger charge is -2.22. The van der Waals surface area contributed by atoms with Gasteiger partial charge >= 0.3 is 0 Å². The van der Waals surface area contributed by atoms with Gasteiger partial charge in [0.2, 0.25) is 0 Å². The molecule has 3 aromatic carbocycles. The molecule has 0 atom stereocenters. The van der Waals surface area contributed by atoms with Crippen LogP contribution in [0.4, 0.5) is 11.4 Å². The second kappa shape index (κ2) is 7.15. The zero-order valence-corrected chi connectivity index (χ0v) is 17.2. The fourth-order valence-electron chi connectivity index (χ4n) is 4.14. The summed E-state index contributed by atoms with van der Waals surface area (Å²) >= 11 is 6.06. The lowest BCUT2D eigenvalue weighted by atomic mass is 10.0. The molecule has 0 bridgehead atoms. The summed E-state index contributed by atoms with van der Waals surface area (Å²) in [7, 11) is 0. The average molecular weight is 415 g/mol. The Bertz CT molecular complexity index is 1200. The summed E-state index contributed by atoms with van der Waals surface area (Å²) in [6.07, 6.45) is 0.833. The van der Waals surface area contributed by atoms with Crippen LogP contribution in [-0.2, 0) is 16.0 Å². The SMILES string of the molecule is Cc1ccc(N2C(=O)C(c3ccc(Cl)cc3)=C(N3CCc4ccccc43)C2=O)cc1. The maximum atomic E-state index is 13.6. The van der Waals surface area contributed by atoms with Crippen molar-refractivity contribution in [1.82, 2.24) is 0 Å². The van der Waals surface area contributed by atoms with Crippen molar-refractivity contribution in [2.24, 2.45) is 0 Å². The normalized spacial score (nSPS) is 15.9. The molecule has 0 aliphatic carbocycles. The number of nitrogens with zero attached hydrogens (tertiary/aromatic N) is 2. The van der Waals surface area contributed by atoms with Crippen molar-refractivity contribution in [3.8, 4) is 0 Å². The average Bonchev–Trinajstić information content (AvgIpc) is 3.28. The van der Waals surface area contributed by atoms with E-state index in [9.17, 15) is 9.59 Å². The molecule has 148 valence electrons. The number of amides is 2. The predicted molar refractivity (Wildman–Crippen MR) is 120 cm³/mol. The van der Waals surface area contributed by atoms with E-state index in [1.165, 1.54) is 10.5 Å². The Labute approximate surface area is 180 Å². The third-order valence-corrected chi connectivity index (χ3v) is 5.89. The first-order valence-corrected chi connectivity index (χ1v) is 10.2. The molecule has 5 heteroatoms. The Morgan fingerprint density at radius 3 is 2.27 bits per heavy atom. The third-order valence-electron chi connectivity index (χ3n) is 5.64. The van der Waals surface area contributed by atoms with Gasteiger partial charge in [0.1, 0.15) is 5.70 Å². The van der Waals surface area contributed by atoms with Crippen LogP contribution in [0.15, 0.2) is 78.5 Å². The molecule has 0 radical (unpaired) electrons. The van der Waals surface area contributed by atoms with Crippen LogP contribution in [0.2, 0.25) is 5.02 Å². The molecule has 2 aliphatic heterocycles. The number of rotatable bonds is 3. The second-order valence-corrected chi connectivity index (χ2v) is 7.98. The molecule has 0 N–H and O–H groups in total. The minimum atomic E-state index is -0.314. The van der Waals surface area contributed by atoms with Gasteiger partial charge in [-0.15, -0.1) is 0 Å². The number of carbonyl (C=O) groups excluding carboxylic acids is 2. The van der Waals surface area contributed by atoms with Crippen LogP contribution >= 0.6 is 11.6 Å². The Hall–Kier alpha value is -3.37. The zero-order chi connectivity index (χ0) is 20.8. The van der Waals surface area contributed by atoms with Crippen LogP contribution in [0.3, 0.4) is 0 Å². The van der Waals surface area contributed by atoms with E-state index in [1.54, 1.807) is 24.3 Å².